The number of nitrogens with one attached hydrogen (secondary N) is 1. The Morgan fingerprint density at radius 2 is 2.00 bits per heavy atom. The first-order valence-corrected chi connectivity index (χ1v) is 8.04. The van der Waals surface area contributed by atoms with Crippen molar-refractivity contribution in [2.75, 3.05) is 26.2 Å². The van der Waals surface area contributed by atoms with Crippen LogP contribution in [0.15, 0.2) is 30.3 Å². The Kier molecular flexibility index (Phi) is 5.85. The van der Waals surface area contributed by atoms with E-state index in [0.717, 1.165) is 24.6 Å². The first-order valence-electron chi connectivity index (χ1n) is 8.04. The van der Waals surface area contributed by atoms with E-state index in [0.29, 0.717) is 0 Å². The van der Waals surface area contributed by atoms with Crippen molar-refractivity contribution < 1.29 is 0 Å². The largest absolute Gasteiger partial charge is 0.312 e. The molecule has 1 aliphatic rings. The van der Waals surface area contributed by atoms with Gasteiger partial charge in [-0.2, -0.15) is 0 Å². The van der Waals surface area contributed by atoms with Crippen LogP contribution in [0, 0.1) is 17.8 Å². The molecule has 1 N–H and O–H groups in total. The summed E-state index contributed by atoms with van der Waals surface area (Å²) in [6.07, 6.45) is 2.63. The van der Waals surface area contributed by atoms with Crippen LogP contribution >= 0.6 is 0 Å². The van der Waals surface area contributed by atoms with Gasteiger partial charge in [-0.1, -0.05) is 30.0 Å². The van der Waals surface area contributed by atoms with Crippen molar-refractivity contribution in [3.8, 4) is 11.8 Å². The van der Waals surface area contributed by atoms with E-state index in [1.165, 1.54) is 25.9 Å². The molecule has 114 valence electrons. The molecule has 0 saturated carbocycles. The van der Waals surface area contributed by atoms with Gasteiger partial charge in [-0.3, -0.25) is 4.90 Å². The topological polar surface area (TPSA) is 15.3 Å². The number of piperidine rings is 1. The number of hydrogen-bond donors (Lipinski definition) is 1. The van der Waals surface area contributed by atoms with Crippen LogP contribution in [0.2, 0.25) is 0 Å². The molecule has 0 bridgehead atoms. The van der Waals surface area contributed by atoms with Crippen molar-refractivity contribution in [1.29, 1.82) is 0 Å². The maximum atomic E-state index is 3.63. The van der Waals surface area contributed by atoms with Gasteiger partial charge in [-0.15, -0.1) is 0 Å². The first kappa shape index (κ1) is 16.1. The van der Waals surface area contributed by atoms with Crippen LogP contribution in [0.4, 0.5) is 0 Å². The number of likely N-dealkylation sites (tertiary alicyclic amines) is 1. The Labute approximate surface area is 129 Å². The third-order valence-corrected chi connectivity index (χ3v) is 3.83. The molecule has 1 heterocycles. The number of nitrogens with zero attached hydrogens (tertiary/aromatic N) is 1. The van der Waals surface area contributed by atoms with Gasteiger partial charge in [0.25, 0.3) is 0 Å². The van der Waals surface area contributed by atoms with Gasteiger partial charge in [-0.25, -0.2) is 0 Å². The van der Waals surface area contributed by atoms with E-state index in [9.17, 15) is 0 Å². The second-order valence-corrected chi connectivity index (χ2v) is 7.04. The second-order valence-electron chi connectivity index (χ2n) is 7.04. The molecule has 0 amide bonds. The fourth-order valence-electron chi connectivity index (χ4n) is 2.69. The Hall–Kier alpha value is -1.30. The number of benzene rings is 1. The fraction of sp³-hybridized carbons (Fsp3) is 0.579. The van der Waals surface area contributed by atoms with Gasteiger partial charge >= 0.3 is 0 Å². The Morgan fingerprint density at radius 1 is 1.24 bits per heavy atom. The summed E-state index contributed by atoms with van der Waals surface area (Å²) in [5, 5.41) is 3.63. The molecule has 1 aromatic rings. The van der Waals surface area contributed by atoms with E-state index in [2.05, 4.69) is 55.0 Å². The quantitative estimate of drug-likeness (QED) is 0.858. The molecule has 1 saturated heterocycles. The van der Waals surface area contributed by atoms with Gasteiger partial charge in [-0.05, 0) is 64.8 Å². The highest BCUT2D eigenvalue weighted by molar-refractivity contribution is 5.33. The van der Waals surface area contributed by atoms with E-state index >= 15 is 0 Å². The molecule has 1 aliphatic heterocycles. The molecule has 1 fully saturated rings. The third kappa shape index (κ3) is 6.33. The lowest BCUT2D eigenvalue weighted by molar-refractivity contribution is 0.183. The van der Waals surface area contributed by atoms with Crippen molar-refractivity contribution in [1.82, 2.24) is 10.2 Å². The molecule has 2 rings (SSSR count). The summed E-state index contributed by atoms with van der Waals surface area (Å²) >= 11 is 0. The van der Waals surface area contributed by atoms with Crippen LogP contribution in [0.1, 0.15) is 39.2 Å². The summed E-state index contributed by atoms with van der Waals surface area (Å²) in [5.41, 5.74) is 1.33. The summed E-state index contributed by atoms with van der Waals surface area (Å²) in [7, 11) is 0. The molecule has 0 radical (unpaired) electrons. The standard InChI is InChI=1S/C19H28N2/c1-19(2,3)20-15-18-12-8-14-21(16-18)13-7-11-17-9-5-4-6-10-17/h4-6,9-10,18,20H,8,12-16H2,1-3H3. The van der Waals surface area contributed by atoms with Gasteiger partial charge in [0, 0.05) is 17.6 Å². The van der Waals surface area contributed by atoms with Crippen LogP contribution in [0.3, 0.4) is 0 Å². The van der Waals surface area contributed by atoms with Crippen molar-refractivity contribution in [3.05, 3.63) is 35.9 Å². The normalized spacial score (nSPS) is 19.9. The van der Waals surface area contributed by atoms with Crippen molar-refractivity contribution in [2.24, 2.45) is 5.92 Å². The van der Waals surface area contributed by atoms with Crippen LogP contribution < -0.4 is 5.32 Å². The second kappa shape index (κ2) is 7.64. The number of rotatable bonds is 3. The Balaban J connectivity index is 1.78. The highest BCUT2D eigenvalue weighted by Crippen LogP contribution is 2.16. The molecule has 2 heteroatoms. The molecule has 1 aromatic carbocycles. The monoisotopic (exact) mass is 284 g/mol. The predicted octanol–water partition coefficient (Wildman–Crippen LogP) is 3.14. The van der Waals surface area contributed by atoms with Crippen LogP contribution in [-0.2, 0) is 0 Å². The molecule has 1 unspecified atom stereocenters. The van der Waals surface area contributed by atoms with Gasteiger partial charge in [0.1, 0.15) is 0 Å². The van der Waals surface area contributed by atoms with Crippen LogP contribution in [0.25, 0.3) is 0 Å². The lowest BCUT2D eigenvalue weighted by Crippen LogP contribution is -2.44. The molecular formula is C19H28N2. The van der Waals surface area contributed by atoms with Gasteiger partial charge < -0.3 is 5.32 Å². The molecule has 0 aromatic heterocycles. The van der Waals surface area contributed by atoms with E-state index in [4.69, 9.17) is 0 Å². The Morgan fingerprint density at radius 3 is 2.71 bits per heavy atom. The van der Waals surface area contributed by atoms with Gasteiger partial charge in [0.15, 0.2) is 0 Å². The zero-order chi connectivity index (χ0) is 15.1. The van der Waals surface area contributed by atoms with E-state index in [1.807, 2.05) is 18.2 Å². The first-order chi connectivity index (χ1) is 10.0. The van der Waals surface area contributed by atoms with Gasteiger partial charge in [0.05, 0.1) is 6.54 Å². The third-order valence-electron chi connectivity index (χ3n) is 3.83. The average Bonchev–Trinajstić information content (AvgIpc) is 2.46. The maximum absolute atomic E-state index is 3.63. The minimum Gasteiger partial charge on any atom is -0.312 e. The van der Waals surface area contributed by atoms with Crippen molar-refractivity contribution >= 4 is 0 Å². The SMILES string of the molecule is CC(C)(C)NCC1CCCN(CC#Cc2ccccc2)C1. The summed E-state index contributed by atoms with van der Waals surface area (Å²) in [6, 6.07) is 10.2. The lowest BCUT2D eigenvalue weighted by atomic mass is 9.96. The van der Waals surface area contributed by atoms with E-state index in [1.54, 1.807) is 0 Å². The summed E-state index contributed by atoms with van der Waals surface area (Å²) < 4.78 is 0. The predicted molar refractivity (Wildman–Crippen MR) is 90.2 cm³/mol. The van der Waals surface area contributed by atoms with Gasteiger partial charge in [0.2, 0.25) is 0 Å². The van der Waals surface area contributed by atoms with Crippen molar-refractivity contribution in [2.45, 2.75) is 39.2 Å². The van der Waals surface area contributed by atoms with E-state index < -0.39 is 0 Å². The van der Waals surface area contributed by atoms with E-state index in [-0.39, 0.29) is 5.54 Å². The smallest absolute Gasteiger partial charge is 0.0605 e. The summed E-state index contributed by atoms with van der Waals surface area (Å²) in [4.78, 5) is 2.49. The highest BCUT2D eigenvalue weighted by Gasteiger charge is 2.20. The highest BCUT2D eigenvalue weighted by atomic mass is 15.1. The average molecular weight is 284 g/mol. The molecular weight excluding hydrogens is 256 g/mol. The van der Waals surface area contributed by atoms with Crippen molar-refractivity contribution in [3.63, 3.8) is 0 Å². The van der Waals surface area contributed by atoms with Crippen LogP contribution in [0.5, 0.6) is 0 Å². The molecule has 0 aliphatic carbocycles. The molecule has 1 atom stereocenters. The number of hydrogen-bond acceptors (Lipinski definition) is 2. The fourth-order valence-corrected chi connectivity index (χ4v) is 2.69. The molecule has 21 heavy (non-hydrogen) atoms. The maximum Gasteiger partial charge on any atom is 0.0605 e. The zero-order valence-corrected chi connectivity index (χ0v) is 13.7. The summed E-state index contributed by atoms with van der Waals surface area (Å²) in [5.74, 6) is 7.34. The minimum absolute atomic E-state index is 0.218. The van der Waals surface area contributed by atoms with Crippen LogP contribution in [-0.4, -0.2) is 36.6 Å². The summed E-state index contributed by atoms with van der Waals surface area (Å²) in [6.45, 7) is 11.1. The lowest BCUT2D eigenvalue weighted by Gasteiger charge is -2.33. The Bertz CT molecular complexity index is 476. The molecule has 2 nitrogen and oxygen atoms in total. The zero-order valence-electron chi connectivity index (χ0n) is 13.7. The molecule has 0 spiro atoms. The minimum atomic E-state index is 0.218.